The summed E-state index contributed by atoms with van der Waals surface area (Å²) in [5.74, 6) is 0.0170. The second-order valence-corrected chi connectivity index (χ2v) is 9.73. The second-order valence-electron chi connectivity index (χ2n) is 9.73. The fourth-order valence-corrected chi connectivity index (χ4v) is 4.43. The van der Waals surface area contributed by atoms with E-state index >= 15 is 0 Å². The maximum Gasteiger partial charge on any atom is 0.343 e. The highest BCUT2D eigenvalue weighted by Gasteiger charge is 2.35. The first-order valence-electron chi connectivity index (χ1n) is 14.1. The molecule has 0 spiro atoms. The van der Waals surface area contributed by atoms with Gasteiger partial charge in [-0.1, -0.05) is 52.4 Å². The van der Waals surface area contributed by atoms with Crippen LogP contribution in [0.1, 0.15) is 98.8 Å². The average molecular weight is 524 g/mol. The van der Waals surface area contributed by atoms with Crippen LogP contribution in [0.4, 0.5) is 0 Å². The summed E-state index contributed by atoms with van der Waals surface area (Å²) in [6, 6.07) is 12.8. The van der Waals surface area contributed by atoms with Crippen molar-refractivity contribution in [2.45, 2.75) is 84.1 Å². The number of carbonyl (C=O) groups excluding carboxylic acids is 3. The SMILES string of the molecule is CCCCCCCCOc1ccc(C(=O)Oc2ccc(C(=O)N3CCC[C@H]3C(=O)OCCCC)cc2)cc1. The molecule has 1 atom stereocenters. The predicted octanol–water partition coefficient (Wildman–Crippen LogP) is 6.59. The van der Waals surface area contributed by atoms with Crippen molar-refractivity contribution < 1.29 is 28.6 Å². The van der Waals surface area contributed by atoms with Crippen molar-refractivity contribution in [3.8, 4) is 11.5 Å². The molecule has 0 aliphatic carbocycles. The summed E-state index contributed by atoms with van der Waals surface area (Å²) in [4.78, 5) is 39.6. The standard InChI is InChI=1S/C31H41NO6/c1-3-5-7-8-9-10-23-36-26-17-15-25(16-18-26)30(34)38-27-19-13-24(14-20-27)29(33)32-21-11-12-28(32)31(35)37-22-6-4-2/h13-20,28H,3-12,21-23H2,1-2H3/t28-/m0/s1. The van der Waals surface area contributed by atoms with Crippen molar-refractivity contribution in [3.05, 3.63) is 59.7 Å². The molecule has 0 radical (unpaired) electrons. The van der Waals surface area contributed by atoms with E-state index in [0.717, 1.165) is 31.4 Å². The van der Waals surface area contributed by atoms with Gasteiger partial charge < -0.3 is 19.1 Å². The molecule has 3 rings (SSSR count). The summed E-state index contributed by atoms with van der Waals surface area (Å²) in [6.07, 6.45) is 10.4. The van der Waals surface area contributed by atoms with Crippen LogP contribution in [0, 0.1) is 0 Å². The van der Waals surface area contributed by atoms with Crippen molar-refractivity contribution in [1.29, 1.82) is 0 Å². The van der Waals surface area contributed by atoms with E-state index in [2.05, 4.69) is 6.92 Å². The van der Waals surface area contributed by atoms with Gasteiger partial charge in [-0.15, -0.1) is 0 Å². The van der Waals surface area contributed by atoms with E-state index in [4.69, 9.17) is 14.2 Å². The summed E-state index contributed by atoms with van der Waals surface area (Å²) in [5.41, 5.74) is 0.850. The van der Waals surface area contributed by atoms with E-state index in [-0.39, 0.29) is 11.9 Å². The Balaban J connectivity index is 1.47. The number of likely N-dealkylation sites (tertiary alicyclic amines) is 1. The Labute approximate surface area is 226 Å². The fraction of sp³-hybridized carbons (Fsp3) is 0.516. The van der Waals surface area contributed by atoms with Gasteiger partial charge in [-0.05, 0) is 74.2 Å². The number of amides is 1. The first-order chi connectivity index (χ1) is 18.5. The minimum Gasteiger partial charge on any atom is -0.494 e. The van der Waals surface area contributed by atoms with Crippen molar-refractivity contribution >= 4 is 17.8 Å². The zero-order chi connectivity index (χ0) is 27.2. The summed E-state index contributed by atoms with van der Waals surface area (Å²) < 4.78 is 16.6. The molecule has 0 unspecified atom stereocenters. The number of ether oxygens (including phenoxy) is 3. The van der Waals surface area contributed by atoms with Gasteiger partial charge >= 0.3 is 11.9 Å². The van der Waals surface area contributed by atoms with Gasteiger partial charge in [0.2, 0.25) is 0 Å². The fourth-order valence-electron chi connectivity index (χ4n) is 4.43. The van der Waals surface area contributed by atoms with E-state index in [1.165, 1.54) is 32.1 Å². The minimum atomic E-state index is -0.547. The maximum absolute atomic E-state index is 13.0. The van der Waals surface area contributed by atoms with Gasteiger partial charge in [-0.3, -0.25) is 4.79 Å². The van der Waals surface area contributed by atoms with Gasteiger partial charge in [0, 0.05) is 12.1 Å². The van der Waals surface area contributed by atoms with E-state index in [1.807, 2.05) is 6.92 Å². The van der Waals surface area contributed by atoms with Gasteiger partial charge in [0.05, 0.1) is 18.8 Å². The highest BCUT2D eigenvalue weighted by Crippen LogP contribution is 2.23. The van der Waals surface area contributed by atoms with Gasteiger partial charge in [-0.2, -0.15) is 0 Å². The lowest BCUT2D eigenvalue weighted by Gasteiger charge is -2.23. The zero-order valence-electron chi connectivity index (χ0n) is 22.8. The lowest BCUT2D eigenvalue weighted by Crippen LogP contribution is -2.41. The smallest absolute Gasteiger partial charge is 0.343 e. The summed E-state index contributed by atoms with van der Waals surface area (Å²) in [6.45, 7) is 5.80. The zero-order valence-corrected chi connectivity index (χ0v) is 22.8. The van der Waals surface area contributed by atoms with E-state index in [1.54, 1.807) is 53.4 Å². The van der Waals surface area contributed by atoms with Gasteiger partial charge in [0.1, 0.15) is 17.5 Å². The number of esters is 2. The van der Waals surface area contributed by atoms with Crippen molar-refractivity contribution in [2.75, 3.05) is 19.8 Å². The molecule has 1 aliphatic rings. The van der Waals surface area contributed by atoms with E-state index in [0.29, 0.717) is 43.1 Å². The molecule has 2 aromatic carbocycles. The van der Waals surface area contributed by atoms with Gasteiger partial charge in [0.25, 0.3) is 5.91 Å². The normalized spacial score (nSPS) is 14.8. The first-order valence-corrected chi connectivity index (χ1v) is 14.1. The molecule has 1 heterocycles. The Morgan fingerprint density at radius 3 is 2.11 bits per heavy atom. The Morgan fingerprint density at radius 2 is 1.39 bits per heavy atom. The summed E-state index contributed by atoms with van der Waals surface area (Å²) in [7, 11) is 0. The quantitative estimate of drug-likeness (QED) is 0.149. The molecule has 1 aliphatic heterocycles. The van der Waals surface area contributed by atoms with Crippen LogP contribution in [0.3, 0.4) is 0 Å². The lowest BCUT2D eigenvalue weighted by atomic mass is 10.1. The third-order valence-electron chi connectivity index (χ3n) is 6.70. The molecular weight excluding hydrogens is 482 g/mol. The molecule has 1 amide bonds. The lowest BCUT2D eigenvalue weighted by molar-refractivity contribution is -0.148. The van der Waals surface area contributed by atoms with Crippen LogP contribution in [0.5, 0.6) is 11.5 Å². The van der Waals surface area contributed by atoms with Crippen LogP contribution in [0.2, 0.25) is 0 Å². The number of hydrogen-bond acceptors (Lipinski definition) is 6. The van der Waals surface area contributed by atoms with E-state index in [9.17, 15) is 14.4 Å². The van der Waals surface area contributed by atoms with Crippen LogP contribution in [-0.2, 0) is 9.53 Å². The monoisotopic (exact) mass is 523 g/mol. The highest BCUT2D eigenvalue weighted by atomic mass is 16.5. The third kappa shape index (κ3) is 8.89. The molecule has 2 aromatic rings. The second kappa shape index (κ2) is 15.8. The van der Waals surface area contributed by atoms with Crippen LogP contribution in [0.15, 0.2) is 48.5 Å². The largest absolute Gasteiger partial charge is 0.494 e. The van der Waals surface area contributed by atoms with Crippen molar-refractivity contribution in [3.63, 3.8) is 0 Å². The third-order valence-corrected chi connectivity index (χ3v) is 6.70. The molecule has 0 saturated carbocycles. The van der Waals surface area contributed by atoms with Crippen molar-refractivity contribution in [1.82, 2.24) is 4.90 Å². The topological polar surface area (TPSA) is 82.1 Å². The van der Waals surface area contributed by atoms with Crippen LogP contribution in [-0.4, -0.2) is 48.5 Å². The average Bonchev–Trinajstić information content (AvgIpc) is 3.43. The maximum atomic E-state index is 13.0. The van der Waals surface area contributed by atoms with E-state index < -0.39 is 12.0 Å². The molecule has 0 aromatic heterocycles. The number of nitrogens with zero attached hydrogens (tertiary/aromatic N) is 1. The van der Waals surface area contributed by atoms with Crippen LogP contribution in [0.25, 0.3) is 0 Å². The molecule has 7 nitrogen and oxygen atoms in total. The number of rotatable bonds is 15. The van der Waals surface area contributed by atoms with Gasteiger partial charge in [-0.25, -0.2) is 9.59 Å². The molecule has 7 heteroatoms. The Morgan fingerprint density at radius 1 is 0.763 bits per heavy atom. The molecule has 0 N–H and O–H groups in total. The Kier molecular flexibility index (Phi) is 12.1. The Hall–Kier alpha value is -3.35. The number of carbonyl (C=O) groups is 3. The number of benzene rings is 2. The predicted molar refractivity (Wildman–Crippen MR) is 147 cm³/mol. The van der Waals surface area contributed by atoms with Crippen LogP contribution < -0.4 is 9.47 Å². The molecule has 38 heavy (non-hydrogen) atoms. The summed E-state index contributed by atoms with van der Waals surface area (Å²) in [5, 5.41) is 0. The molecule has 1 saturated heterocycles. The molecular formula is C31H41NO6. The minimum absolute atomic E-state index is 0.227. The number of hydrogen-bond donors (Lipinski definition) is 0. The van der Waals surface area contributed by atoms with Gasteiger partial charge in [0.15, 0.2) is 0 Å². The summed E-state index contributed by atoms with van der Waals surface area (Å²) >= 11 is 0. The van der Waals surface area contributed by atoms with Crippen LogP contribution >= 0.6 is 0 Å². The molecule has 1 fully saturated rings. The number of unbranched alkanes of at least 4 members (excludes halogenated alkanes) is 6. The molecule has 0 bridgehead atoms. The van der Waals surface area contributed by atoms with Crippen molar-refractivity contribution in [2.24, 2.45) is 0 Å². The first kappa shape index (κ1) is 29.2. The Bertz CT molecular complexity index is 1020. The highest BCUT2D eigenvalue weighted by molar-refractivity contribution is 5.97. The molecule has 206 valence electrons.